The molecule has 2 rings (SSSR count). The number of hydrogen-bond acceptors (Lipinski definition) is 4. The summed E-state index contributed by atoms with van der Waals surface area (Å²) in [4.78, 5) is 11.8. The second kappa shape index (κ2) is 5.31. The maximum absolute atomic E-state index is 11.8. The molecule has 1 aromatic rings. The molecule has 17 heavy (non-hydrogen) atoms. The second-order valence-electron chi connectivity index (χ2n) is 4.72. The molecule has 2 atom stereocenters. The summed E-state index contributed by atoms with van der Waals surface area (Å²) in [6.07, 6.45) is 3.90. The van der Waals surface area contributed by atoms with E-state index in [9.17, 15) is 4.79 Å². The molecule has 1 saturated carbocycles. The number of nitrogens with one attached hydrogen (secondary N) is 1. The highest BCUT2D eigenvalue weighted by Gasteiger charge is 2.24. The van der Waals surface area contributed by atoms with Gasteiger partial charge in [-0.3, -0.25) is 4.79 Å². The molecular weight excluding hydrogens is 220 g/mol. The average molecular weight is 238 g/mol. The van der Waals surface area contributed by atoms with Crippen LogP contribution in [0.5, 0.6) is 0 Å². The highest BCUT2D eigenvalue weighted by Crippen LogP contribution is 2.23. The van der Waals surface area contributed by atoms with Gasteiger partial charge in [0.1, 0.15) is 0 Å². The van der Waals surface area contributed by atoms with E-state index in [4.69, 9.17) is 9.63 Å². The van der Waals surface area contributed by atoms with Crippen molar-refractivity contribution in [3.8, 4) is 0 Å². The summed E-state index contributed by atoms with van der Waals surface area (Å²) in [5.41, 5.74) is 0.701. The summed E-state index contributed by atoms with van der Waals surface area (Å²) in [6.45, 7) is 1.98. The standard InChI is InChI=1S/C12H18N2O3/c1-8-5-11(17-14-8)12(16)13-10-4-2-3-9(6-10)7-15/h5,9-10,15H,2-4,6-7H2,1H3,(H,13,16). The van der Waals surface area contributed by atoms with Crippen LogP contribution in [0.4, 0.5) is 0 Å². The number of rotatable bonds is 3. The molecule has 1 amide bonds. The Morgan fingerprint density at radius 1 is 1.65 bits per heavy atom. The van der Waals surface area contributed by atoms with Gasteiger partial charge >= 0.3 is 0 Å². The minimum atomic E-state index is -0.214. The smallest absolute Gasteiger partial charge is 0.290 e. The molecule has 0 saturated heterocycles. The molecule has 94 valence electrons. The van der Waals surface area contributed by atoms with Crippen molar-refractivity contribution in [2.45, 2.75) is 38.6 Å². The van der Waals surface area contributed by atoms with Crippen molar-refractivity contribution in [3.05, 3.63) is 17.5 Å². The zero-order chi connectivity index (χ0) is 12.3. The summed E-state index contributed by atoms with van der Waals surface area (Å²) >= 11 is 0. The Kier molecular flexibility index (Phi) is 3.78. The molecule has 1 aliphatic rings. The molecule has 0 spiro atoms. The third kappa shape index (κ3) is 3.06. The first-order chi connectivity index (χ1) is 8.19. The van der Waals surface area contributed by atoms with Gasteiger partial charge in [-0.2, -0.15) is 0 Å². The fourth-order valence-corrected chi connectivity index (χ4v) is 2.32. The number of amides is 1. The van der Waals surface area contributed by atoms with Crippen LogP contribution in [-0.2, 0) is 0 Å². The quantitative estimate of drug-likeness (QED) is 0.831. The minimum Gasteiger partial charge on any atom is -0.396 e. The maximum atomic E-state index is 11.8. The van der Waals surface area contributed by atoms with E-state index in [0.717, 1.165) is 25.7 Å². The lowest BCUT2D eigenvalue weighted by Crippen LogP contribution is -2.38. The first kappa shape index (κ1) is 12.1. The van der Waals surface area contributed by atoms with Crippen molar-refractivity contribution in [3.63, 3.8) is 0 Å². The van der Waals surface area contributed by atoms with Gasteiger partial charge in [-0.25, -0.2) is 0 Å². The molecular formula is C12H18N2O3. The highest BCUT2D eigenvalue weighted by molar-refractivity contribution is 5.91. The van der Waals surface area contributed by atoms with Crippen molar-refractivity contribution >= 4 is 5.91 Å². The Labute approximate surface area is 100 Å². The van der Waals surface area contributed by atoms with Gasteiger partial charge in [0.05, 0.1) is 5.69 Å². The first-order valence-corrected chi connectivity index (χ1v) is 6.04. The second-order valence-corrected chi connectivity index (χ2v) is 4.72. The predicted octanol–water partition coefficient (Wildman–Crippen LogP) is 1.26. The Balaban J connectivity index is 1.90. The van der Waals surface area contributed by atoms with Gasteiger partial charge in [0.2, 0.25) is 5.76 Å². The van der Waals surface area contributed by atoms with E-state index in [1.807, 2.05) is 0 Å². The SMILES string of the molecule is Cc1cc(C(=O)NC2CCCC(CO)C2)on1. The fraction of sp³-hybridized carbons (Fsp3) is 0.667. The number of aliphatic hydroxyl groups excluding tert-OH is 1. The van der Waals surface area contributed by atoms with Gasteiger partial charge < -0.3 is 14.9 Å². The first-order valence-electron chi connectivity index (χ1n) is 6.04. The lowest BCUT2D eigenvalue weighted by Gasteiger charge is -2.28. The summed E-state index contributed by atoms with van der Waals surface area (Å²) in [5, 5.41) is 15.7. The van der Waals surface area contributed by atoms with Crippen LogP contribution < -0.4 is 5.32 Å². The van der Waals surface area contributed by atoms with E-state index >= 15 is 0 Å². The van der Waals surface area contributed by atoms with Crippen molar-refractivity contribution in [1.82, 2.24) is 10.5 Å². The van der Waals surface area contributed by atoms with Gasteiger partial charge in [-0.1, -0.05) is 11.6 Å². The topological polar surface area (TPSA) is 75.4 Å². The summed E-state index contributed by atoms with van der Waals surface area (Å²) in [6, 6.07) is 1.76. The molecule has 2 unspecified atom stereocenters. The van der Waals surface area contributed by atoms with Crippen LogP contribution in [0, 0.1) is 12.8 Å². The van der Waals surface area contributed by atoms with Crippen molar-refractivity contribution in [1.29, 1.82) is 0 Å². The Bertz CT molecular complexity index is 389. The van der Waals surface area contributed by atoms with Crippen LogP contribution in [-0.4, -0.2) is 28.8 Å². The number of nitrogens with zero attached hydrogens (tertiary/aromatic N) is 1. The van der Waals surface area contributed by atoms with Crippen LogP contribution >= 0.6 is 0 Å². The number of carbonyl (C=O) groups excluding carboxylic acids is 1. The Hall–Kier alpha value is -1.36. The summed E-state index contributed by atoms with van der Waals surface area (Å²) in [5.74, 6) is 0.355. The molecule has 1 aliphatic carbocycles. The summed E-state index contributed by atoms with van der Waals surface area (Å²) < 4.78 is 4.91. The molecule has 1 heterocycles. The molecule has 0 aliphatic heterocycles. The molecule has 2 N–H and O–H groups in total. The number of aryl methyl sites for hydroxylation is 1. The van der Waals surface area contributed by atoms with Crippen LogP contribution in [0.25, 0.3) is 0 Å². The average Bonchev–Trinajstić information content (AvgIpc) is 2.76. The molecule has 0 radical (unpaired) electrons. The zero-order valence-electron chi connectivity index (χ0n) is 9.98. The Morgan fingerprint density at radius 2 is 2.47 bits per heavy atom. The van der Waals surface area contributed by atoms with Crippen molar-refractivity contribution < 1.29 is 14.4 Å². The molecule has 5 nitrogen and oxygen atoms in total. The third-order valence-electron chi connectivity index (χ3n) is 3.23. The lowest BCUT2D eigenvalue weighted by atomic mass is 9.86. The minimum absolute atomic E-state index is 0.138. The maximum Gasteiger partial charge on any atom is 0.290 e. The normalized spacial score (nSPS) is 24.6. The highest BCUT2D eigenvalue weighted by atomic mass is 16.5. The molecule has 1 aromatic heterocycles. The lowest BCUT2D eigenvalue weighted by molar-refractivity contribution is 0.0869. The van der Waals surface area contributed by atoms with Gasteiger partial charge in [0.25, 0.3) is 5.91 Å². The van der Waals surface area contributed by atoms with Crippen molar-refractivity contribution in [2.75, 3.05) is 6.61 Å². The van der Waals surface area contributed by atoms with E-state index in [2.05, 4.69) is 10.5 Å². The van der Waals surface area contributed by atoms with E-state index in [0.29, 0.717) is 11.6 Å². The zero-order valence-corrected chi connectivity index (χ0v) is 9.98. The number of aromatic nitrogens is 1. The van der Waals surface area contributed by atoms with E-state index in [-0.39, 0.29) is 24.3 Å². The molecule has 0 bridgehead atoms. The Morgan fingerprint density at radius 3 is 3.12 bits per heavy atom. The van der Waals surface area contributed by atoms with Crippen LogP contribution in [0.2, 0.25) is 0 Å². The van der Waals surface area contributed by atoms with Crippen LogP contribution in [0.15, 0.2) is 10.6 Å². The van der Waals surface area contributed by atoms with Gasteiger partial charge in [-0.15, -0.1) is 0 Å². The van der Waals surface area contributed by atoms with Gasteiger partial charge in [-0.05, 0) is 32.1 Å². The third-order valence-corrected chi connectivity index (χ3v) is 3.23. The summed E-state index contributed by atoms with van der Waals surface area (Å²) in [7, 11) is 0. The number of hydrogen-bond donors (Lipinski definition) is 2. The number of aliphatic hydroxyl groups is 1. The fourth-order valence-electron chi connectivity index (χ4n) is 2.32. The predicted molar refractivity (Wildman–Crippen MR) is 61.5 cm³/mol. The molecule has 1 fully saturated rings. The van der Waals surface area contributed by atoms with Crippen molar-refractivity contribution in [2.24, 2.45) is 5.92 Å². The van der Waals surface area contributed by atoms with E-state index < -0.39 is 0 Å². The monoisotopic (exact) mass is 238 g/mol. The molecule has 0 aromatic carbocycles. The van der Waals surface area contributed by atoms with Gasteiger partial charge in [0, 0.05) is 18.7 Å². The van der Waals surface area contributed by atoms with Gasteiger partial charge in [0.15, 0.2) is 0 Å². The van der Waals surface area contributed by atoms with E-state index in [1.54, 1.807) is 13.0 Å². The molecule has 5 heteroatoms. The largest absolute Gasteiger partial charge is 0.396 e. The van der Waals surface area contributed by atoms with E-state index in [1.165, 1.54) is 0 Å². The van der Waals surface area contributed by atoms with Crippen LogP contribution in [0.1, 0.15) is 41.9 Å². The van der Waals surface area contributed by atoms with Crippen LogP contribution in [0.3, 0.4) is 0 Å². The number of carbonyl (C=O) groups is 1.